The minimum absolute atomic E-state index is 0.400. The van der Waals surface area contributed by atoms with Crippen LogP contribution in [0, 0.1) is 0 Å². The number of nitrogens with zero attached hydrogens (tertiary/aromatic N) is 1. The number of aromatic nitrogens is 1. The van der Waals surface area contributed by atoms with Crippen LogP contribution in [-0.4, -0.2) is 5.16 Å². The molecule has 0 aliphatic rings. The average Bonchev–Trinajstić information content (AvgIpc) is 2.54. The third-order valence-corrected chi connectivity index (χ3v) is 2.68. The molecule has 0 radical (unpaired) electrons. The SMILES string of the molecule is CCCCCCc1noc(N)c1C(C)C. The summed E-state index contributed by atoms with van der Waals surface area (Å²) in [5.41, 5.74) is 7.90. The van der Waals surface area contributed by atoms with Gasteiger partial charge in [-0.15, -0.1) is 0 Å². The maximum atomic E-state index is 5.74. The molecule has 1 aromatic heterocycles. The third kappa shape index (κ3) is 3.26. The van der Waals surface area contributed by atoms with Crippen molar-refractivity contribution in [3.63, 3.8) is 0 Å². The lowest BCUT2D eigenvalue weighted by Gasteiger charge is -2.04. The number of hydrogen-bond acceptors (Lipinski definition) is 3. The Morgan fingerprint density at radius 3 is 2.60 bits per heavy atom. The molecule has 1 aromatic rings. The number of nitrogen functional groups attached to an aromatic ring is 1. The van der Waals surface area contributed by atoms with Gasteiger partial charge < -0.3 is 10.3 Å². The highest BCUT2D eigenvalue weighted by atomic mass is 16.5. The Morgan fingerprint density at radius 2 is 2.00 bits per heavy atom. The summed E-state index contributed by atoms with van der Waals surface area (Å²) in [7, 11) is 0. The van der Waals surface area contributed by atoms with Crippen molar-refractivity contribution in [1.82, 2.24) is 5.16 Å². The fraction of sp³-hybridized carbons (Fsp3) is 0.750. The molecule has 0 saturated heterocycles. The number of nitrogens with two attached hydrogens (primary N) is 1. The molecule has 0 bridgehead atoms. The zero-order valence-corrected chi connectivity index (χ0v) is 10.0. The normalized spacial score (nSPS) is 11.2. The van der Waals surface area contributed by atoms with Crippen LogP contribution in [0.15, 0.2) is 4.52 Å². The van der Waals surface area contributed by atoms with Crippen molar-refractivity contribution >= 4 is 5.88 Å². The predicted octanol–water partition coefficient (Wildman–Crippen LogP) is 3.50. The van der Waals surface area contributed by atoms with Crippen molar-refractivity contribution in [3.8, 4) is 0 Å². The van der Waals surface area contributed by atoms with Gasteiger partial charge >= 0.3 is 0 Å². The molecule has 0 unspecified atom stereocenters. The first-order valence-corrected chi connectivity index (χ1v) is 5.90. The van der Waals surface area contributed by atoms with E-state index < -0.39 is 0 Å². The molecule has 0 atom stereocenters. The Labute approximate surface area is 92.0 Å². The van der Waals surface area contributed by atoms with E-state index in [1.807, 2.05) is 0 Å². The van der Waals surface area contributed by atoms with Gasteiger partial charge in [-0.3, -0.25) is 0 Å². The lowest BCUT2D eigenvalue weighted by atomic mass is 10.00. The summed E-state index contributed by atoms with van der Waals surface area (Å²) in [6, 6.07) is 0. The van der Waals surface area contributed by atoms with E-state index in [-0.39, 0.29) is 0 Å². The molecule has 0 aliphatic carbocycles. The van der Waals surface area contributed by atoms with Crippen LogP contribution in [0.1, 0.15) is 63.6 Å². The second kappa shape index (κ2) is 5.79. The molecule has 2 N–H and O–H groups in total. The molecule has 0 spiro atoms. The number of rotatable bonds is 6. The monoisotopic (exact) mass is 210 g/mol. The summed E-state index contributed by atoms with van der Waals surface area (Å²) in [6.45, 7) is 6.46. The van der Waals surface area contributed by atoms with Crippen molar-refractivity contribution in [2.24, 2.45) is 0 Å². The summed E-state index contributed by atoms with van der Waals surface area (Å²) >= 11 is 0. The Bertz CT molecular complexity index is 292. The lowest BCUT2D eigenvalue weighted by Crippen LogP contribution is -1.97. The van der Waals surface area contributed by atoms with Crippen LogP contribution < -0.4 is 5.73 Å². The van der Waals surface area contributed by atoms with Crippen LogP contribution >= 0.6 is 0 Å². The minimum atomic E-state index is 0.400. The number of aryl methyl sites for hydroxylation is 1. The average molecular weight is 210 g/mol. The Hall–Kier alpha value is -0.990. The summed E-state index contributed by atoms with van der Waals surface area (Å²) in [5.74, 6) is 0.896. The summed E-state index contributed by atoms with van der Waals surface area (Å²) in [5, 5.41) is 4.03. The van der Waals surface area contributed by atoms with Crippen molar-refractivity contribution in [2.45, 2.75) is 58.8 Å². The fourth-order valence-electron chi connectivity index (χ4n) is 1.86. The number of anilines is 1. The smallest absolute Gasteiger partial charge is 0.225 e. The van der Waals surface area contributed by atoms with E-state index in [4.69, 9.17) is 10.3 Å². The van der Waals surface area contributed by atoms with Crippen molar-refractivity contribution in [3.05, 3.63) is 11.3 Å². The Morgan fingerprint density at radius 1 is 1.27 bits per heavy atom. The first kappa shape index (κ1) is 12.1. The van der Waals surface area contributed by atoms with E-state index in [1.54, 1.807) is 0 Å². The molecule has 0 aromatic carbocycles. The van der Waals surface area contributed by atoms with E-state index in [9.17, 15) is 0 Å². The van der Waals surface area contributed by atoms with E-state index >= 15 is 0 Å². The van der Waals surface area contributed by atoms with Gasteiger partial charge in [0.2, 0.25) is 5.88 Å². The van der Waals surface area contributed by atoms with Crippen molar-refractivity contribution < 1.29 is 4.52 Å². The van der Waals surface area contributed by atoms with Gasteiger partial charge in [0.1, 0.15) is 0 Å². The number of hydrogen-bond donors (Lipinski definition) is 1. The second-order valence-electron chi connectivity index (χ2n) is 4.37. The molecule has 3 heteroatoms. The summed E-state index contributed by atoms with van der Waals surface area (Å²) in [4.78, 5) is 0. The van der Waals surface area contributed by atoms with Crippen LogP contribution in [0.4, 0.5) is 5.88 Å². The Balaban J connectivity index is 2.53. The molecule has 15 heavy (non-hydrogen) atoms. The van der Waals surface area contributed by atoms with Crippen LogP contribution in [0.5, 0.6) is 0 Å². The first-order chi connectivity index (χ1) is 7.16. The second-order valence-corrected chi connectivity index (χ2v) is 4.37. The highest BCUT2D eigenvalue weighted by Gasteiger charge is 2.15. The number of unbranched alkanes of at least 4 members (excludes halogenated alkanes) is 3. The van der Waals surface area contributed by atoms with E-state index in [1.165, 1.54) is 25.7 Å². The standard InChI is InChI=1S/C12H22N2O/c1-4-5-6-7-8-10-11(9(2)3)12(13)15-14-10/h9H,4-8,13H2,1-3H3. The topological polar surface area (TPSA) is 52.0 Å². The molecule has 1 heterocycles. The minimum Gasteiger partial charge on any atom is -0.367 e. The van der Waals surface area contributed by atoms with Gasteiger partial charge in [0, 0.05) is 5.56 Å². The Kier molecular flexibility index (Phi) is 4.66. The maximum absolute atomic E-state index is 5.74. The van der Waals surface area contributed by atoms with Gasteiger partial charge in [0.05, 0.1) is 5.69 Å². The third-order valence-electron chi connectivity index (χ3n) is 2.68. The molecule has 3 nitrogen and oxygen atoms in total. The van der Waals surface area contributed by atoms with Gasteiger partial charge in [0.15, 0.2) is 0 Å². The molecule has 0 saturated carbocycles. The van der Waals surface area contributed by atoms with Crippen LogP contribution in [0.3, 0.4) is 0 Å². The summed E-state index contributed by atoms with van der Waals surface area (Å²) in [6.07, 6.45) is 6.00. The molecule has 0 aliphatic heterocycles. The van der Waals surface area contributed by atoms with Gasteiger partial charge in [0.25, 0.3) is 0 Å². The predicted molar refractivity (Wildman–Crippen MR) is 62.9 cm³/mol. The van der Waals surface area contributed by atoms with Gasteiger partial charge in [-0.1, -0.05) is 45.2 Å². The largest absolute Gasteiger partial charge is 0.367 e. The van der Waals surface area contributed by atoms with Gasteiger partial charge in [-0.05, 0) is 18.8 Å². The zero-order chi connectivity index (χ0) is 11.3. The van der Waals surface area contributed by atoms with Crippen LogP contribution in [0.2, 0.25) is 0 Å². The van der Waals surface area contributed by atoms with Gasteiger partial charge in [-0.2, -0.15) is 0 Å². The quantitative estimate of drug-likeness (QED) is 0.731. The molecular weight excluding hydrogens is 188 g/mol. The first-order valence-electron chi connectivity index (χ1n) is 5.90. The lowest BCUT2D eigenvalue weighted by molar-refractivity contribution is 0.425. The van der Waals surface area contributed by atoms with Crippen LogP contribution in [0.25, 0.3) is 0 Å². The highest BCUT2D eigenvalue weighted by Crippen LogP contribution is 2.26. The van der Waals surface area contributed by atoms with E-state index in [2.05, 4.69) is 25.9 Å². The van der Waals surface area contributed by atoms with E-state index in [0.717, 1.165) is 17.7 Å². The highest BCUT2D eigenvalue weighted by molar-refractivity contribution is 5.41. The molecule has 86 valence electrons. The van der Waals surface area contributed by atoms with Crippen molar-refractivity contribution in [2.75, 3.05) is 5.73 Å². The molecular formula is C12H22N2O. The molecule has 1 rings (SSSR count). The van der Waals surface area contributed by atoms with Crippen LogP contribution in [-0.2, 0) is 6.42 Å². The zero-order valence-electron chi connectivity index (χ0n) is 10.0. The van der Waals surface area contributed by atoms with E-state index in [0.29, 0.717) is 11.8 Å². The molecule has 0 fully saturated rings. The summed E-state index contributed by atoms with van der Waals surface area (Å²) < 4.78 is 5.04. The fourth-order valence-corrected chi connectivity index (χ4v) is 1.86. The van der Waals surface area contributed by atoms with Gasteiger partial charge in [-0.25, -0.2) is 0 Å². The maximum Gasteiger partial charge on any atom is 0.225 e. The van der Waals surface area contributed by atoms with Crippen molar-refractivity contribution in [1.29, 1.82) is 0 Å². The molecule has 0 amide bonds.